The lowest BCUT2D eigenvalue weighted by molar-refractivity contribution is -0.0695. The SMILES string of the molecule is CCCCS(=O)(=O)ON(CCO)CCO. The van der Waals surface area contributed by atoms with Crippen LogP contribution in [0.4, 0.5) is 0 Å². The topological polar surface area (TPSA) is 87.1 Å². The zero-order valence-corrected chi connectivity index (χ0v) is 9.74. The second kappa shape index (κ2) is 8.00. The molecule has 0 atom stereocenters. The maximum absolute atomic E-state index is 11.3. The van der Waals surface area contributed by atoms with Gasteiger partial charge in [-0.2, -0.15) is 17.8 Å². The number of rotatable bonds is 9. The third-order valence-electron chi connectivity index (χ3n) is 1.67. The second-order valence-electron chi connectivity index (χ2n) is 3.07. The van der Waals surface area contributed by atoms with E-state index in [0.717, 1.165) is 11.5 Å². The Labute approximate surface area is 90.5 Å². The van der Waals surface area contributed by atoms with Crippen LogP contribution in [-0.2, 0) is 14.4 Å². The molecule has 0 aliphatic heterocycles. The summed E-state index contributed by atoms with van der Waals surface area (Å²) in [6.07, 6.45) is 1.30. The van der Waals surface area contributed by atoms with Crippen LogP contribution in [0.1, 0.15) is 19.8 Å². The van der Waals surface area contributed by atoms with Crippen LogP contribution in [0.25, 0.3) is 0 Å². The molecule has 0 heterocycles. The van der Waals surface area contributed by atoms with Crippen molar-refractivity contribution in [2.75, 3.05) is 32.1 Å². The second-order valence-corrected chi connectivity index (χ2v) is 4.74. The molecule has 0 rings (SSSR count). The molecular formula is C8H19NO5S. The van der Waals surface area contributed by atoms with E-state index in [4.69, 9.17) is 14.5 Å². The van der Waals surface area contributed by atoms with Gasteiger partial charge in [0.25, 0.3) is 10.1 Å². The fraction of sp³-hybridized carbons (Fsp3) is 1.00. The van der Waals surface area contributed by atoms with Crippen LogP contribution in [0.3, 0.4) is 0 Å². The highest BCUT2D eigenvalue weighted by Gasteiger charge is 2.16. The van der Waals surface area contributed by atoms with Crippen LogP contribution in [-0.4, -0.2) is 55.8 Å². The molecule has 0 aromatic rings. The van der Waals surface area contributed by atoms with Gasteiger partial charge in [-0.25, -0.2) is 0 Å². The van der Waals surface area contributed by atoms with E-state index in [1.807, 2.05) is 6.92 Å². The van der Waals surface area contributed by atoms with Crippen molar-refractivity contribution >= 4 is 10.1 Å². The smallest absolute Gasteiger partial charge is 0.283 e. The first kappa shape index (κ1) is 14.8. The van der Waals surface area contributed by atoms with Crippen molar-refractivity contribution in [2.45, 2.75) is 19.8 Å². The van der Waals surface area contributed by atoms with Gasteiger partial charge in [0.1, 0.15) is 0 Å². The van der Waals surface area contributed by atoms with Crippen LogP contribution in [0, 0.1) is 0 Å². The molecule has 92 valence electrons. The molecule has 15 heavy (non-hydrogen) atoms. The third kappa shape index (κ3) is 7.69. The number of nitrogens with zero attached hydrogens (tertiary/aromatic N) is 1. The predicted molar refractivity (Wildman–Crippen MR) is 55.5 cm³/mol. The summed E-state index contributed by atoms with van der Waals surface area (Å²) in [5.74, 6) is -0.0448. The summed E-state index contributed by atoms with van der Waals surface area (Å²) in [7, 11) is -3.58. The molecule has 0 saturated heterocycles. The number of hydrogen-bond donors (Lipinski definition) is 2. The Balaban J connectivity index is 4.12. The van der Waals surface area contributed by atoms with Gasteiger partial charge in [-0.15, -0.1) is 0 Å². The lowest BCUT2D eigenvalue weighted by atomic mass is 10.4. The normalized spacial score (nSPS) is 12.3. The maximum atomic E-state index is 11.3. The summed E-state index contributed by atoms with van der Waals surface area (Å²) in [5, 5.41) is 18.3. The molecule has 0 fully saturated rings. The van der Waals surface area contributed by atoms with Crippen LogP contribution in [0.2, 0.25) is 0 Å². The van der Waals surface area contributed by atoms with E-state index in [2.05, 4.69) is 0 Å². The highest BCUT2D eigenvalue weighted by molar-refractivity contribution is 7.86. The molecular weight excluding hydrogens is 222 g/mol. The Morgan fingerprint density at radius 1 is 1.20 bits per heavy atom. The molecule has 0 aliphatic rings. The molecule has 0 saturated carbocycles. The van der Waals surface area contributed by atoms with E-state index in [1.165, 1.54) is 0 Å². The van der Waals surface area contributed by atoms with Crippen molar-refractivity contribution in [3.05, 3.63) is 0 Å². The van der Waals surface area contributed by atoms with Crippen molar-refractivity contribution in [3.8, 4) is 0 Å². The number of hydrogen-bond acceptors (Lipinski definition) is 6. The summed E-state index contributed by atoms with van der Waals surface area (Å²) in [6.45, 7) is 1.57. The quantitative estimate of drug-likeness (QED) is 0.521. The summed E-state index contributed by atoms with van der Waals surface area (Å²) >= 11 is 0. The maximum Gasteiger partial charge on any atom is 0.283 e. The minimum atomic E-state index is -3.58. The highest BCUT2D eigenvalue weighted by Crippen LogP contribution is 2.02. The standard InChI is InChI=1S/C8H19NO5S/c1-2-3-8-15(12,13)14-9(4-6-10)5-7-11/h10-11H,2-8H2,1H3. The van der Waals surface area contributed by atoms with Crippen LogP contribution in [0.5, 0.6) is 0 Å². The van der Waals surface area contributed by atoms with E-state index >= 15 is 0 Å². The molecule has 0 aromatic heterocycles. The van der Waals surface area contributed by atoms with Gasteiger partial charge in [0.05, 0.1) is 19.0 Å². The van der Waals surface area contributed by atoms with E-state index in [-0.39, 0.29) is 32.1 Å². The zero-order chi connectivity index (χ0) is 11.7. The van der Waals surface area contributed by atoms with E-state index in [1.54, 1.807) is 0 Å². The minimum absolute atomic E-state index is 0.0448. The largest absolute Gasteiger partial charge is 0.395 e. The first-order valence-corrected chi connectivity index (χ1v) is 6.52. The number of hydroxylamine groups is 2. The van der Waals surface area contributed by atoms with Gasteiger partial charge in [0.2, 0.25) is 0 Å². The lowest BCUT2D eigenvalue weighted by Gasteiger charge is -2.18. The summed E-state index contributed by atoms with van der Waals surface area (Å²) in [5.41, 5.74) is 0. The molecule has 0 unspecified atom stereocenters. The molecule has 0 amide bonds. The summed E-state index contributed by atoms with van der Waals surface area (Å²) in [4.78, 5) is 0. The highest BCUT2D eigenvalue weighted by atomic mass is 32.2. The first-order valence-electron chi connectivity index (χ1n) is 4.94. The minimum Gasteiger partial charge on any atom is -0.395 e. The van der Waals surface area contributed by atoms with Crippen LogP contribution >= 0.6 is 0 Å². The monoisotopic (exact) mass is 241 g/mol. The van der Waals surface area contributed by atoms with Crippen molar-refractivity contribution in [1.29, 1.82) is 0 Å². The Hall–Kier alpha value is -0.210. The van der Waals surface area contributed by atoms with Gasteiger partial charge in [-0.05, 0) is 6.42 Å². The molecule has 0 bridgehead atoms. The molecule has 7 heteroatoms. The number of unbranched alkanes of at least 4 members (excludes halogenated alkanes) is 1. The van der Waals surface area contributed by atoms with Crippen molar-refractivity contribution in [2.24, 2.45) is 0 Å². The zero-order valence-electron chi connectivity index (χ0n) is 8.92. The van der Waals surface area contributed by atoms with E-state index in [0.29, 0.717) is 6.42 Å². The van der Waals surface area contributed by atoms with Gasteiger partial charge in [-0.1, -0.05) is 13.3 Å². The van der Waals surface area contributed by atoms with Crippen LogP contribution in [0.15, 0.2) is 0 Å². The van der Waals surface area contributed by atoms with Crippen molar-refractivity contribution in [3.63, 3.8) is 0 Å². The van der Waals surface area contributed by atoms with E-state index < -0.39 is 10.1 Å². The first-order chi connectivity index (χ1) is 7.05. The molecule has 2 N–H and O–H groups in total. The van der Waals surface area contributed by atoms with E-state index in [9.17, 15) is 8.42 Å². The van der Waals surface area contributed by atoms with Gasteiger partial charge in [-0.3, -0.25) is 0 Å². The summed E-state index contributed by atoms with van der Waals surface area (Å²) < 4.78 is 27.4. The third-order valence-corrected chi connectivity index (χ3v) is 2.89. The molecule has 0 aliphatic carbocycles. The fourth-order valence-electron chi connectivity index (χ4n) is 0.928. The molecule has 6 nitrogen and oxygen atoms in total. The Morgan fingerprint density at radius 2 is 1.73 bits per heavy atom. The van der Waals surface area contributed by atoms with Crippen LogP contribution < -0.4 is 0 Å². The summed E-state index contributed by atoms with van der Waals surface area (Å²) in [6, 6.07) is 0. The average Bonchev–Trinajstić information content (AvgIpc) is 2.15. The fourth-order valence-corrected chi connectivity index (χ4v) is 2.12. The van der Waals surface area contributed by atoms with Gasteiger partial charge < -0.3 is 10.2 Å². The lowest BCUT2D eigenvalue weighted by Crippen LogP contribution is -2.33. The van der Waals surface area contributed by atoms with Crippen molar-refractivity contribution in [1.82, 2.24) is 5.06 Å². The Bertz CT molecular complexity index is 235. The molecule has 0 aromatic carbocycles. The predicted octanol–water partition coefficient (Wildman–Crippen LogP) is -0.665. The van der Waals surface area contributed by atoms with Gasteiger partial charge >= 0.3 is 0 Å². The number of aliphatic hydroxyl groups is 2. The van der Waals surface area contributed by atoms with Gasteiger partial charge in [0.15, 0.2) is 0 Å². The average molecular weight is 241 g/mol. The van der Waals surface area contributed by atoms with Gasteiger partial charge in [0, 0.05) is 13.1 Å². The van der Waals surface area contributed by atoms with Crippen molar-refractivity contribution < 1.29 is 22.9 Å². The number of aliphatic hydroxyl groups excluding tert-OH is 2. The molecule has 0 radical (unpaired) electrons. The molecule has 0 spiro atoms. The Morgan fingerprint density at radius 3 is 2.13 bits per heavy atom. The Kier molecular flexibility index (Phi) is 7.89.